The summed E-state index contributed by atoms with van der Waals surface area (Å²) in [5, 5.41) is 2.72. The van der Waals surface area contributed by atoms with Crippen molar-refractivity contribution in [3.8, 4) is 0 Å². The van der Waals surface area contributed by atoms with E-state index < -0.39 is 29.2 Å². The van der Waals surface area contributed by atoms with E-state index in [2.05, 4.69) is 21.2 Å². The Bertz CT molecular complexity index is 677. The molecule has 138 valence electrons. The summed E-state index contributed by atoms with van der Waals surface area (Å²) in [5.74, 6) is -2.87. The average molecular weight is 419 g/mol. The van der Waals surface area contributed by atoms with Gasteiger partial charge in [-0.2, -0.15) is 0 Å². The van der Waals surface area contributed by atoms with Gasteiger partial charge in [0, 0.05) is 19.1 Å². The molecule has 5 nitrogen and oxygen atoms in total. The normalized spacial score (nSPS) is 18.0. The number of rotatable bonds is 2. The molecule has 2 rings (SSSR count). The molecule has 0 radical (unpaired) electrons. The first-order chi connectivity index (χ1) is 11.6. The maximum absolute atomic E-state index is 14.0. The van der Waals surface area contributed by atoms with Crippen LogP contribution in [0.4, 0.5) is 13.6 Å². The van der Waals surface area contributed by atoms with E-state index in [1.165, 1.54) is 17.0 Å². The smallest absolute Gasteiger partial charge is 0.407 e. The molecule has 8 heteroatoms. The topological polar surface area (TPSA) is 58.6 Å². The van der Waals surface area contributed by atoms with Gasteiger partial charge in [0.15, 0.2) is 11.6 Å². The van der Waals surface area contributed by atoms with Crippen LogP contribution < -0.4 is 5.32 Å². The van der Waals surface area contributed by atoms with Crippen LogP contribution >= 0.6 is 15.9 Å². The fourth-order valence-corrected chi connectivity index (χ4v) is 2.92. The number of piperidine rings is 1. The van der Waals surface area contributed by atoms with Gasteiger partial charge < -0.3 is 15.0 Å². The molecular formula is C17H21BrF2N2O3. The molecule has 1 aliphatic rings. The van der Waals surface area contributed by atoms with Crippen molar-refractivity contribution in [2.24, 2.45) is 0 Å². The number of carbonyl (C=O) groups is 2. The summed E-state index contributed by atoms with van der Waals surface area (Å²) in [4.78, 5) is 25.8. The molecule has 25 heavy (non-hydrogen) atoms. The molecule has 0 spiro atoms. The van der Waals surface area contributed by atoms with Crippen LogP contribution in [0.5, 0.6) is 0 Å². The van der Waals surface area contributed by atoms with Gasteiger partial charge in [-0.05, 0) is 61.7 Å². The predicted octanol–water partition coefficient (Wildman–Crippen LogP) is 3.86. The van der Waals surface area contributed by atoms with E-state index in [1.54, 1.807) is 20.8 Å². The zero-order valence-electron chi connectivity index (χ0n) is 14.4. The summed E-state index contributed by atoms with van der Waals surface area (Å²) >= 11 is 2.88. The van der Waals surface area contributed by atoms with Gasteiger partial charge in [0.2, 0.25) is 0 Å². The highest BCUT2D eigenvalue weighted by atomic mass is 79.9. The number of alkyl carbamates (subject to hydrolysis) is 1. The molecule has 1 saturated heterocycles. The second-order valence-electron chi connectivity index (χ2n) is 6.96. The molecule has 0 aromatic heterocycles. The third kappa shape index (κ3) is 5.14. The largest absolute Gasteiger partial charge is 0.444 e. The first-order valence-corrected chi connectivity index (χ1v) is 8.80. The minimum atomic E-state index is -1.18. The van der Waals surface area contributed by atoms with Crippen molar-refractivity contribution in [2.75, 3.05) is 13.1 Å². The minimum absolute atomic E-state index is 0.0373. The molecule has 1 N–H and O–H groups in total. The van der Waals surface area contributed by atoms with Gasteiger partial charge in [0.1, 0.15) is 5.60 Å². The molecule has 1 fully saturated rings. The lowest BCUT2D eigenvalue weighted by atomic mass is 10.0. The van der Waals surface area contributed by atoms with E-state index in [4.69, 9.17) is 4.74 Å². The number of hydrogen-bond acceptors (Lipinski definition) is 3. The van der Waals surface area contributed by atoms with Gasteiger partial charge in [-0.15, -0.1) is 0 Å². The Hall–Kier alpha value is -1.70. The average Bonchev–Trinajstić information content (AvgIpc) is 2.50. The minimum Gasteiger partial charge on any atom is -0.444 e. The summed E-state index contributed by atoms with van der Waals surface area (Å²) in [6, 6.07) is 2.25. The van der Waals surface area contributed by atoms with E-state index >= 15 is 0 Å². The van der Waals surface area contributed by atoms with Crippen LogP contribution in [0, 0.1) is 11.6 Å². The fraction of sp³-hybridized carbons (Fsp3) is 0.529. The lowest BCUT2D eigenvalue weighted by Gasteiger charge is -2.33. The van der Waals surface area contributed by atoms with E-state index in [1.807, 2.05) is 0 Å². The van der Waals surface area contributed by atoms with E-state index in [-0.39, 0.29) is 22.6 Å². The second kappa shape index (κ2) is 7.68. The Morgan fingerprint density at radius 2 is 1.96 bits per heavy atom. The van der Waals surface area contributed by atoms with Crippen molar-refractivity contribution < 1.29 is 23.1 Å². The first-order valence-electron chi connectivity index (χ1n) is 8.01. The van der Waals surface area contributed by atoms with Crippen molar-refractivity contribution in [1.82, 2.24) is 10.2 Å². The van der Waals surface area contributed by atoms with Crippen LogP contribution in [0.1, 0.15) is 44.0 Å². The Morgan fingerprint density at radius 3 is 2.60 bits per heavy atom. The molecule has 1 aliphatic heterocycles. The van der Waals surface area contributed by atoms with Gasteiger partial charge in [-0.1, -0.05) is 0 Å². The lowest BCUT2D eigenvalue weighted by Crippen LogP contribution is -2.50. The number of halogens is 3. The third-order valence-corrected chi connectivity index (χ3v) is 4.31. The number of nitrogens with one attached hydrogen (secondary N) is 1. The number of benzene rings is 1. The fourth-order valence-electron chi connectivity index (χ4n) is 2.62. The molecule has 0 unspecified atom stereocenters. The van der Waals surface area contributed by atoms with Crippen LogP contribution in [0.3, 0.4) is 0 Å². The van der Waals surface area contributed by atoms with Gasteiger partial charge in [0.05, 0.1) is 10.0 Å². The van der Waals surface area contributed by atoms with E-state index in [9.17, 15) is 18.4 Å². The molecular weight excluding hydrogens is 398 g/mol. The van der Waals surface area contributed by atoms with Crippen molar-refractivity contribution in [3.05, 3.63) is 33.8 Å². The monoisotopic (exact) mass is 418 g/mol. The lowest BCUT2D eigenvalue weighted by molar-refractivity contribution is 0.0451. The van der Waals surface area contributed by atoms with Crippen molar-refractivity contribution >= 4 is 27.9 Å². The van der Waals surface area contributed by atoms with Gasteiger partial charge in [-0.3, -0.25) is 4.79 Å². The van der Waals surface area contributed by atoms with Crippen LogP contribution in [-0.2, 0) is 4.74 Å². The van der Waals surface area contributed by atoms with Gasteiger partial charge >= 0.3 is 6.09 Å². The molecule has 1 aromatic rings. The Kier molecular flexibility index (Phi) is 6.03. The number of carbonyl (C=O) groups excluding carboxylic acids is 2. The summed E-state index contributed by atoms with van der Waals surface area (Å²) in [6.07, 6.45) is 0.764. The Labute approximate surface area is 153 Å². The third-order valence-electron chi connectivity index (χ3n) is 3.70. The van der Waals surface area contributed by atoms with Crippen molar-refractivity contribution in [3.63, 3.8) is 0 Å². The van der Waals surface area contributed by atoms with Crippen LogP contribution in [0.2, 0.25) is 0 Å². The maximum atomic E-state index is 14.0. The number of amides is 2. The number of ether oxygens (including phenoxy) is 1. The zero-order chi connectivity index (χ0) is 18.8. The molecule has 0 bridgehead atoms. The summed E-state index contributed by atoms with van der Waals surface area (Å²) in [5.41, 5.74) is -0.939. The van der Waals surface area contributed by atoms with Gasteiger partial charge in [0.25, 0.3) is 5.91 Å². The van der Waals surface area contributed by atoms with E-state index in [0.29, 0.717) is 19.4 Å². The highest BCUT2D eigenvalue weighted by Gasteiger charge is 2.29. The first kappa shape index (κ1) is 19.6. The maximum Gasteiger partial charge on any atom is 0.407 e. The molecule has 1 aromatic carbocycles. The van der Waals surface area contributed by atoms with Crippen molar-refractivity contribution in [1.29, 1.82) is 0 Å². The highest BCUT2D eigenvalue weighted by Crippen LogP contribution is 2.23. The standard InChI is InChI=1S/C17H21BrF2N2O3/c1-17(2,3)25-16(24)21-10-5-4-8-22(9-10)15(23)11-6-7-12(18)14(20)13(11)19/h6-7,10H,4-5,8-9H2,1-3H3,(H,21,24)/t10-/m1/s1. The quantitative estimate of drug-likeness (QED) is 0.741. The molecule has 2 amide bonds. The van der Waals surface area contributed by atoms with Gasteiger partial charge in [-0.25, -0.2) is 13.6 Å². The summed E-state index contributed by atoms with van der Waals surface area (Å²) in [6.45, 7) is 5.91. The van der Waals surface area contributed by atoms with Crippen LogP contribution in [0.15, 0.2) is 16.6 Å². The zero-order valence-corrected chi connectivity index (χ0v) is 16.0. The molecule has 0 aliphatic carbocycles. The number of nitrogens with zero attached hydrogens (tertiary/aromatic N) is 1. The second-order valence-corrected chi connectivity index (χ2v) is 7.81. The van der Waals surface area contributed by atoms with Crippen LogP contribution in [0.25, 0.3) is 0 Å². The number of likely N-dealkylation sites (tertiary alicyclic amines) is 1. The Morgan fingerprint density at radius 1 is 1.28 bits per heavy atom. The predicted molar refractivity (Wildman–Crippen MR) is 92.4 cm³/mol. The Balaban J connectivity index is 2.05. The molecule has 1 heterocycles. The molecule has 0 saturated carbocycles. The number of hydrogen-bond donors (Lipinski definition) is 1. The summed E-state index contributed by atoms with van der Waals surface area (Å²) < 4.78 is 32.8. The molecule has 1 atom stereocenters. The van der Waals surface area contributed by atoms with E-state index in [0.717, 1.165) is 0 Å². The van der Waals surface area contributed by atoms with Crippen LogP contribution in [-0.4, -0.2) is 41.6 Å². The SMILES string of the molecule is CC(C)(C)OC(=O)N[C@@H]1CCCN(C(=O)c2ccc(Br)c(F)c2F)C1. The van der Waals surface area contributed by atoms with Crippen molar-refractivity contribution in [2.45, 2.75) is 45.3 Å². The highest BCUT2D eigenvalue weighted by molar-refractivity contribution is 9.10. The summed E-state index contributed by atoms with van der Waals surface area (Å²) in [7, 11) is 0.